The van der Waals surface area contributed by atoms with Crippen molar-refractivity contribution in [3.8, 4) is 0 Å². The number of halogens is 1. The summed E-state index contributed by atoms with van der Waals surface area (Å²) in [5.41, 5.74) is 3.64. The lowest BCUT2D eigenvalue weighted by molar-refractivity contribution is 0.598. The smallest absolute Gasteiger partial charge is 0.0767 e. The summed E-state index contributed by atoms with van der Waals surface area (Å²) in [5, 5.41) is 5.94. The monoisotopic (exact) mass is 331 g/mol. The molecule has 3 nitrogen and oxygen atoms in total. The first-order valence-corrected chi connectivity index (χ1v) is 7.81. The summed E-state index contributed by atoms with van der Waals surface area (Å²) in [4.78, 5) is 0. The van der Waals surface area contributed by atoms with Gasteiger partial charge in [0.25, 0.3) is 0 Å². The third kappa shape index (κ3) is 2.18. The van der Waals surface area contributed by atoms with Crippen LogP contribution in [0, 0.1) is 0 Å². The average Bonchev–Trinajstić information content (AvgIpc) is 3.02. The van der Waals surface area contributed by atoms with E-state index in [0.29, 0.717) is 0 Å². The van der Waals surface area contributed by atoms with Gasteiger partial charge in [-0.1, -0.05) is 25.1 Å². The van der Waals surface area contributed by atoms with Crippen LogP contribution in [0.1, 0.15) is 25.2 Å². The molecule has 0 amide bonds. The van der Waals surface area contributed by atoms with Crippen LogP contribution in [0.3, 0.4) is 0 Å². The van der Waals surface area contributed by atoms with Gasteiger partial charge in [-0.2, -0.15) is 5.10 Å². The quantitative estimate of drug-likeness (QED) is 0.701. The maximum Gasteiger partial charge on any atom is 0.0767 e. The lowest BCUT2D eigenvalue weighted by atomic mass is 10.2. The molecule has 3 rings (SSSR count). The predicted molar refractivity (Wildman–Crippen MR) is 86.0 cm³/mol. The number of nitrogens with zero attached hydrogens (tertiary/aromatic N) is 3. The minimum absolute atomic E-state index is 0.842. The minimum atomic E-state index is 0.842. The van der Waals surface area contributed by atoms with E-state index in [1.165, 1.54) is 16.6 Å². The zero-order valence-electron chi connectivity index (χ0n) is 11.8. The molecule has 0 saturated heterocycles. The lowest BCUT2D eigenvalue weighted by Crippen LogP contribution is -2.07. The van der Waals surface area contributed by atoms with Crippen molar-refractivity contribution in [2.24, 2.45) is 0 Å². The maximum absolute atomic E-state index is 4.66. The Bertz CT molecular complexity index is 739. The first kappa shape index (κ1) is 13.4. The van der Waals surface area contributed by atoms with E-state index in [1.54, 1.807) is 0 Å². The van der Waals surface area contributed by atoms with E-state index >= 15 is 0 Å². The second kappa shape index (κ2) is 5.44. The maximum atomic E-state index is 4.66. The van der Waals surface area contributed by atoms with Gasteiger partial charge in [0.2, 0.25) is 0 Å². The molecule has 2 heterocycles. The molecule has 0 atom stereocenters. The van der Waals surface area contributed by atoms with Gasteiger partial charge in [-0.3, -0.25) is 4.68 Å². The van der Waals surface area contributed by atoms with E-state index in [9.17, 15) is 0 Å². The van der Waals surface area contributed by atoms with Crippen molar-refractivity contribution in [3.05, 3.63) is 52.4 Å². The number of aromatic nitrogens is 3. The van der Waals surface area contributed by atoms with Gasteiger partial charge < -0.3 is 4.57 Å². The highest BCUT2D eigenvalue weighted by Crippen LogP contribution is 2.25. The molecule has 0 unspecified atom stereocenters. The molecule has 4 heteroatoms. The first-order valence-electron chi connectivity index (χ1n) is 7.02. The topological polar surface area (TPSA) is 22.8 Å². The number of para-hydroxylation sites is 1. The summed E-state index contributed by atoms with van der Waals surface area (Å²) in [7, 11) is 0. The highest BCUT2D eigenvalue weighted by atomic mass is 79.9. The van der Waals surface area contributed by atoms with Gasteiger partial charge >= 0.3 is 0 Å². The summed E-state index contributed by atoms with van der Waals surface area (Å²) in [6.45, 7) is 6.01. The van der Waals surface area contributed by atoms with Crippen molar-refractivity contribution < 1.29 is 0 Å². The van der Waals surface area contributed by atoms with E-state index in [1.807, 2.05) is 0 Å². The Morgan fingerprint density at radius 1 is 1.15 bits per heavy atom. The fourth-order valence-corrected chi connectivity index (χ4v) is 3.30. The van der Waals surface area contributed by atoms with Crippen molar-refractivity contribution >= 4 is 26.8 Å². The van der Waals surface area contributed by atoms with Gasteiger partial charge in [-0.05, 0) is 46.8 Å². The van der Waals surface area contributed by atoms with Crippen molar-refractivity contribution in [1.29, 1.82) is 0 Å². The zero-order chi connectivity index (χ0) is 14.1. The number of benzene rings is 1. The average molecular weight is 332 g/mol. The van der Waals surface area contributed by atoms with Crippen LogP contribution < -0.4 is 0 Å². The summed E-state index contributed by atoms with van der Waals surface area (Å²) < 4.78 is 5.53. The molecule has 0 radical (unpaired) electrons. The van der Waals surface area contributed by atoms with Crippen LogP contribution in [-0.2, 0) is 19.5 Å². The van der Waals surface area contributed by atoms with Gasteiger partial charge in [0.05, 0.1) is 22.4 Å². The molecular weight excluding hydrogens is 314 g/mol. The van der Waals surface area contributed by atoms with Crippen LogP contribution in [-0.4, -0.2) is 14.3 Å². The van der Waals surface area contributed by atoms with Crippen LogP contribution >= 0.6 is 15.9 Å². The lowest BCUT2D eigenvalue weighted by Gasteiger charge is -2.08. The number of rotatable bonds is 4. The Morgan fingerprint density at radius 3 is 2.70 bits per heavy atom. The fraction of sp³-hybridized carbons (Fsp3) is 0.312. The van der Waals surface area contributed by atoms with Crippen LogP contribution in [0.5, 0.6) is 0 Å². The molecule has 0 fully saturated rings. The van der Waals surface area contributed by atoms with Crippen molar-refractivity contribution in [2.75, 3.05) is 0 Å². The molecular formula is C16H18BrN3. The Balaban J connectivity index is 2.04. The van der Waals surface area contributed by atoms with Gasteiger partial charge in [-0.15, -0.1) is 0 Å². The molecule has 2 aromatic heterocycles. The van der Waals surface area contributed by atoms with Crippen LogP contribution in [0.4, 0.5) is 0 Å². The number of fused-ring (bicyclic) bond motifs is 1. The second-order valence-electron chi connectivity index (χ2n) is 4.88. The van der Waals surface area contributed by atoms with E-state index in [2.05, 4.69) is 80.7 Å². The highest BCUT2D eigenvalue weighted by Gasteiger charge is 2.14. The summed E-state index contributed by atoms with van der Waals surface area (Å²) in [6.07, 6.45) is 3.10. The Labute approximate surface area is 127 Å². The first-order chi connectivity index (χ1) is 9.74. The largest absolute Gasteiger partial charge is 0.341 e. The SMILES string of the molecule is CCc1nn(CC)c(Cn2ccc3ccccc32)c1Br. The summed E-state index contributed by atoms with van der Waals surface area (Å²) >= 11 is 3.72. The van der Waals surface area contributed by atoms with Crippen LogP contribution in [0.2, 0.25) is 0 Å². The Kier molecular flexibility index (Phi) is 3.66. The Hall–Kier alpha value is -1.55. The van der Waals surface area contributed by atoms with E-state index in [-0.39, 0.29) is 0 Å². The number of hydrogen-bond donors (Lipinski definition) is 0. The molecule has 0 N–H and O–H groups in total. The predicted octanol–water partition coefficient (Wildman–Crippen LogP) is 4.23. The molecule has 0 aliphatic carbocycles. The molecule has 1 aromatic carbocycles. The summed E-state index contributed by atoms with van der Waals surface area (Å²) in [6, 6.07) is 10.6. The molecule has 0 aliphatic rings. The number of hydrogen-bond acceptors (Lipinski definition) is 1. The molecule has 0 bridgehead atoms. The summed E-state index contributed by atoms with van der Waals surface area (Å²) in [5.74, 6) is 0. The normalized spacial score (nSPS) is 11.3. The van der Waals surface area contributed by atoms with Gasteiger partial charge in [0, 0.05) is 18.3 Å². The number of aryl methyl sites for hydroxylation is 2. The molecule has 0 saturated carbocycles. The van der Waals surface area contributed by atoms with Crippen molar-refractivity contribution in [3.63, 3.8) is 0 Å². The fourth-order valence-electron chi connectivity index (χ4n) is 2.61. The highest BCUT2D eigenvalue weighted by molar-refractivity contribution is 9.10. The van der Waals surface area contributed by atoms with Crippen molar-refractivity contribution in [2.45, 2.75) is 33.4 Å². The molecule has 104 valence electrons. The Morgan fingerprint density at radius 2 is 1.95 bits per heavy atom. The van der Waals surface area contributed by atoms with E-state index in [4.69, 9.17) is 0 Å². The van der Waals surface area contributed by atoms with Gasteiger partial charge in [0.15, 0.2) is 0 Å². The second-order valence-corrected chi connectivity index (χ2v) is 5.67. The van der Waals surface area contributed by atoms with Crippen LogP contribution in [0.15, 0.2) is 41.0 Å². The zero-order valence-corrected chi connectivity index (χ0v) is 13.4. The third-order valence-corrected chi connectivity index (χ3v) is 4.61. The molecule has 0 aliphatic heterocycles. The third-order valence-electron chi connectivity index (χ3n) is 3.69. The van der Waals surface area contributed by atoms with E-state index < -0.39 is 0 Å². The van der Waals surface area contributed by atoms with Crippen molar-refractivity contribution in [1.82, 2.24) is 14.3 Å². The van der Waals surface area contributed by atoms with Gasteiger partial charge in [-0.25, -0.2) is 0 Å². The van der Waals surface area contributed by atoms with Gasteiger partial charge in [0.1, 0.15) is 0 Å². The molecule has 0 spiro atoms. The molecule has 20 heavy (non-hydrogen) atoms. The van der Waals surface area contributed by atoms with Crippen LogP contribution in [0.25, 0.3) is 10.9 Å². The standard InChI is InChI=1S/C16H18BrN3/c1-3-13-16(17)15(20(4-2)18-13)11-19-10-9-12-7-5-6-8-14(12)19/h5-10H,3-4,11H2,1-2H3. The molecule has 3 aromatic rings. The minimum Gasteiger partial charge on any atom is -0.341 e. The van der Waals surface area contributed by atoms with E-state index in [0.717, 1.165) is 29.7 Å².